The Morgan fingerprint density at radius 3 is 2.59 bits per heavy atom. The van der Waals surface area contributed by atoms with E-state index in [0.717, 1.165) is 5.56 Å². The number of rotatable bonds is 6. The molecular formula is C23H19FN4O4. The van der Waals surface area contributed by atoms with E-state index < -0.39 is 11.7 Å². The van der Waals surface area contributed by atoms with Crippen LogP contribution >= 0.6 is 0 Å². The van der Waals surface area contributed by atoms with Crippen molar-refractivity contribution in [2.45, 2.75) is 13.5 Å². The van der Waals surface area contributed by atoms with Crippen molar-refractivity contribution >= 4 is 11.6 Å². The molecular weight excluding hydrogens is 415 g/mol. The second kappa shape index (κ2) is 8.84. The molecule has 162 valence electrons. The normalized spacial score (nSPS) is 10.7. The fourth-order valence-corrected chi connectivity index (χ4v) is 3.01. The molecule has 0 bridgehead atoms. The molecule has 2 aromatic heterocycles. The first-order valence-corrected chi connectivity index (χ1v) is 9.68. The molecule has 0 atom stereocenters. The largest absolute Gasteiger partial charge is 0.497 e. The number of hydrogen-bond donors (Lipinski definition) is 1. The molecule has 0 saturated heterocycles. The number of nitrogens with zero attached hydrogens (tertiary/aromatic N) is 3. The van der Waals surface area contributed by atoms with Crippen molar-refractivity contribution in [3.05, 3.63) is 82.5 Å². The maximum Gasteiger partial charge on any atom is 0.259 e. The van der Waals surface area contributed by atoms with Gasteiger partial charge in [0.05, 0.1) is 12.7 Å². The van der Waals surface area contributed by atoms with Crippen molar-refractivity contribution in [3.8, 4) is 28.6 Å². The first-order chi connectivity index (χ1) is 15.4. The van der Waals surface area contributed by atoms with Gasteiger partial charge in [-0.25, -0.2) is 4.39 Å². The molecule has 0 aliphatic heterocycles. The number of pyridine rings is 1. The summed E-state index contributed by atoms with van der Waals surface area (Å²) in [6.07, 6.45) is 1.46. The summed E-state index contributed by atoms with van der Waals surface area (Å²) in [5.74, 6) is 0.379. The second-order valence-corrected chi connectivity index (χ2v) is 7.05. The first kappa shape index (κ1) is 21.0. The quantitative estimate of drug-likeness (QED) is 0.497. The van der Waals surface area contributed by atoms with Gasteiger partial charge in [0.15, 0.2) is 0 Å². The van der Waals surface area contributed by atoms with Crippen LogP contribution in [0.25, 0.3) is 22.8 Å². The molecule has 0 saturated carbocycles. The molecule has 9 heteroatoms. The number of methoxy groups -OCH3 is 1. The van der Waals surface area contributed by atoms with Crippen LogP contribution in [-0.2, 0) is 11.3 Å². The van der Waals surface area contributed by atoms with Gasteiger partial charge < -0.3 is 19.1 Å². The van der Waals surface area contributed by atoms with E-state index in [1.165, 1.54) is 29.0 Å². The number of aromatic nitrogens is 3. The van der Waals surface area contributed by atoms with Crippen LogP contribution in [0.4, 0.5) is 10.1 Å². The molecule has 0 aliphatic rings. The van der Waals surface area contributed by atoms with E-state index in [4.69, 9.17) is 9.26 Å². The van der Waals surface area contributed by atoms with Crippen molar-refractivity contribution < 1.29 is 18.4 Å². The topological polar surface area (TPSA) is 99.3 Å². The number of halogens is 1. The molecule has 0 aliphatic carbocycles. The van der Waals surface area contributed by atoms with Gasteiger partial charge >= 0.3 is 0 Å². The first-order valence-electron chi connectivity index (χ1n) is 9.68. The maximum atomic E-state index is 13.7. The number of nitrogens with one attached hydrogen (secondary N) is 1. The Morgan fingerprint density at radius 2 is 1.88 bits per heavy atom. The van der Waals surface area contributed by atoms with Crippen LogP contribution in [0.3, 0.4) is 0 Å². The van der Waals surface area contributed by atoms with Crippen molar-refractivity contribution in [1.29, 1.82) is 0 Å². The predicted octanol–water partition coefficient (Wildman–Crippen LogP) is 3.66. The number of carbonyl (C=O) groups is 1. The molecule has 0 radical (unpaired) electrons. The number of carbonyl (C=O) groups excluding carboxylic acids is 1. The molecule has 0 fully saturated rings. The zero-order chi connectivity index (χ0) is 22.7. The Labute approximate surface area is 182 Å². The molecule has 2 aromatic carbocycles. The van der Waals surface area contributed by atoms with Crippen molar-refractivity contribution in [2.24, 2.45) is 0 Å². The lowest BCUT2D eigenvalue weighted by Gasteiger charge is -2.09. The Kier molecular flexibility index (Phi) is 5.80. The Balaban J connectivity index is 1.52. The molecule has 2 heterocycles. The van der Waals surface area contributed by atoms with Crippen LogP contribution in [0.5, 0.6) is 5.75 Å². The van der Waals surface area contributed by atoms with E-state index in [9.17, 15) is 14.0 Å². The van der Waals surface area contributed by atoms with E-state index >= 15 is 0 Å². The Morgan fingerprint density at radius 1 is 1.12 bits per heavy atom. The van der Waals surface area contributed by atoms with Crippen LogP contribution in [0, 0.1) is 12.7 Å². The molecule has 1 amide bonds. The standard InChI is InChI=1S/C23H19FN4O4/c1-14-3-7-17(11-19(14)24)25-20(29)13-28-12-16(6-10-21(28)30)23-26-22(27-32-23)15-4-8-18(31-2)9-5-15/h3-12H,13H2,1-2H3,(H,25,29). The Bertz CT molecular complexity index is 1330. The average molecular weight is 434 g/mol. The minimum atomic E-state index is -0.475. The van der Waals surface area contributed by atoms with E-state index in [1.807, 2.05) is 0 Å². The smallest absolute Gasteiger partial charge is 0.259 e. The molecule has 0 unspecified atom stereocenters. The van der Waals surface area contributed by atoms with Gasteiger partial charge in [-0.15, -0.1) is 0 Å². The third kappa shape index (κ3) is 4.56. The van der Waals surface area contributed by atoms with Crippen LogP contribution < -0.4 is 15.6 Å². The fourth-order valence-electron chi connectivity index (χ4n) is 3.01. The average Bonchev–Trinajstić information content (AvgIpc) is 3.28. The SMILES string of the molecule is COc1ccc(-c2noc(-c3ccc(=O)n(CC(=O)Nc4ccc(C)c(F)c4)c3)n2)cc1. The van der Waals surface area contributed by atoms with Crippen LogP contribution in [-0.4, -0.2) is 27.7 Å². The number of ether oxygens (including phenoxy) is 1. The summed E-state index contributed by atoms with van der Waals surface area (Å²) < 4.78 is 25.4. The van der Waals surface area contributed by atoms with Crippen LogP contribution in [0.15, 0.2) is 70.1 Å². The monoisotopic (exact) mass is 434 g/mol. The minimum absolute atomic E-state index is 0.200. The summed E-state index contributed by atoms with van der Waals surface area (Å²) in [6, 6.07) is 14.4. The summed E-state index contributed by atoms with van der Waals surface area (Å²) >= 11 is 0. The van der Waals surface area contributed by atoms with E-state index in [0.29, 0.717) is 28.4 Å². The number of aryl methyl sites for hydroxylation is 1. The fraction of sp³-hybridized carbons (Fsp3) is 0.130. The lowest BCUT2D eigenvalue weighted by atomic mass is 10.2. The molecule has 8 nitrogen and oxygen atoms in total. The van der Waals surface area contributed by atoms with Gasteiger partial charge in [-0.2, -0.15) is 4.98 Å². The van der Waals surface area contributed by atoms with Crippen molar-refractivity contribution in [2.75, 3.05) is 12.4 Å². The highest BCUT2D eigenvalue weighted by Gasteiger charge is 2.13. The second-order valence-electron chi connectivity index (χ2n) is 7.05. The third-order valence-corrected chi connectivity index (χ3v) is 4.77. The van der Waals surface area contributed by atoms with Gasteiger partial charge in [0.2, 0.25) is 11.7 Å². The third-order valence-electron chi connectivity index (χ3n) is 4.77. The van der Waals surface area contributed by atoms with Crippen LogP contribution in [0.1, 0.15) is 5.56 Å². The summed E-state index contributed by atoms with van der Waals surface area (Å²) in [7, 11) is 1.58. The van der Waals surface area contributed by atoms with Gasteiger partial charge in [-0.3, -0.25) is 9.59 Å². The number of benzene rings is 2. The number of anilines is 1. The molecule has 1 N–H and O–H groups in total. The summed E-state index contributed by atoms with van der Waals surface area (Å²) in [4.78, 5) is 29.0. The van der Waals surface area contributed by atoms with E-state index in [-0.39, 0.29) is 18.0 Å². The maximum absolute atomic E-state index is 13.7. The number of amides is 1. The summed E-state index contributed by atoms with van der Waals surface area (Å²) in [6.45, 7) is 1.37. The Hall–Kier alpha value is -4.27. The van der Waals surface area contributed by atoms with E-state index in [1.54, 1.807) is 50.4 Å². The van der Waals surface area contributed by atoms with Gasteiger partial charge in [-0.05, 0) is 55.0 Å². The molecule has 0 spiro atoms. The van der Waals surface area contributed by atoms with Crippen molar-refractivity contribution in [1.82, 2.24) is 14.7 Å². The molecule has 4 aromatic rings. The summed E-state index contributed by atoms with van der Waals surface area (Å²) in [5, 5.41) is 6.55. The number of hydrogen-bond acceptors (Lipinski definition) is 6. The van der Waals surface area contributed by atoms with Gasteiger partial charge in [0, 0.05) is 23.5 Å². The molecule has 32 heavy (non-hydrogen) atoms. The zero-order valence-electron chi connectivity index (χ0n) is 17.3. The van der Waals surface area contributed by atoms with E-state index in [2.05, 4.69) is 15.5 Å². The highest BCUT2D eigenvalue weighted by atomic mass is 19.1. The highest BCUT2D eigenvalue weighted by molar-refractivity contribution is 5.90. The lowest BCUT2D eigenvalue weighted by Crippen LogP contribution is -2.26. The molecule has 4 rings (SSSR count). The van der Waals surface area contributed by atoms with Gasteiger partial charge in [0.25, 0.3) is 11.4 Å². The summed E-state index contributed by atoms with van der Waals surface area (Å²) in [5.41, 5.74) is 1.61. The van der Waals surface area contributed by atoms with Crippen LogP contribution in [0.2, 0.25) is 0 Å². The van der Waals surface area contributed by atoms with Gasteiger partial charge in [0.1, 0.15) is 18.1 Å². The van der Waals surface area contributed by atoms with Gasteiger partial charge in [-0.1, -0.05) is 11.2 Å². The van der Waals surface area contributed by atoms with Crippen molar-refractivity contribution in [3.63, 3.8) is 0 Å². The highest BCUT2D eigenvalue weighted by Crippen LogP contribution is 2.23. The lowest BCUT2D eigenvalue weighted by molar-refractivity contribution is -0.116. The zero-order valence-corrected chi connectivity index (χ0v) is 17.3. The predicted molar refractivity (Wildman–Crippen MR) is 116 cm³/mol. The minimum Gasteiger partial charge on any atom is -0.497 e.